The van der Waals surface area contributed by atoms with Crippen molar-refractivity contribution in [2.75, 3.05) is 5.32 Å². The number of hydrogen-bond donors (Lipinski definition) is 1. The van der Waals surface area contributed by atoms with Gasteiger partial charge < -0.3 is 15.0 Å². The number of benzene rings is 1. The van der Waals surface area contributed by atoms with Crippen molar-refractivity contribution < 1.29 is 13.2 Å². The molecule has 0 radical (unpaired) electrons. The van der Waals surface area contributed by atoms with Crippen molar-refractivity contribution in [1.82, 2.24) is 9.97 Å². The number of thiophene rings is 1. The van der Waals surface area contributed by atoms with E-state index in [0.717, 1.165) is 0 Å². The molecule has 1 aromatic carbocycles. The van der Waals surface area contributed by atoms with E-state index in [9.17, 15) is 13.2 Å². The van der Waals surface area contributed by atoms with E-state index in [0.29, 0.717) is 22.1 Å². The predicted molar refractivity (Wildman–Crippen MR) is 100 cm³/mol. The zero-order chi connectivity index (χ0) is 18.7. The third kappa shape index (κ3) is 4.24. The summed E-state index contributed by atoms with van der Waals surface area (Å²) in [6.45, 7) is 3.41. The molecule has 0 fully saturated rings. The van der Waals surface area contributed by atoms with Gasteiger partial charge in [0.25, 0.3) is 5.91 Å². The van der Waals surface area contributed by atoms with Gasteiger partial charge in [0.05, 0.1) is 9.77 Å². The summed E-state index contributed by atoms with van der Waals surface area (Å²) in [6, 6.07) is 10.8. The van der Waals surface area contributed by atoms with Gasteiger partial charge >= 0.3 is 0 Å². The number of sulfonamides is 1. The highest BCUT2D eigenvalue weighted by Crippen LogP contribution is 2.27. The van der Waals surface area contributed by atoms with Gasteiger partial charge in [-0.05, 0) is 61.4 Å². The van der Waals surface area contributed by atoms with Gasteiger partial charge in [-0.1, -0.05) is 6.07 Å². The van der Waals surface area contributed by atoms with E-state index < -0.39 is 10.0 Å². The summed E-state index contributed by atoms with van der Waals surface area (Å²) in [4.78, 5) is 20.7. The molecule has 7 nitrogen and oxygen atoms in total. The van der Waals surface area contributed by atoms with Crippen molar-refractivity contribution in [1.29, 1.82) is 0 Å². The van der Waals surface area contributed by atoms with Crippen molar-refractivity contribution in [3.63, 3.8) is 0 Å². The molecule has 2 aromatic heterocycles. The molecule has 134 valence electrons. The van der Waals surface area contributed by atoms with Gasteiger partial charge in [0.2, 0.25) is 10.0 Å². The summed E-state index contributed by atoms with van der Waals surface area (Å²) < 4.78 is 28.6. The number of hydrogen-bond acceptors (Lipinski definition) is 6. The standard InChI is InChI=1S/C17H16N4O3S2/c1-11-10-16(19-12(2)18-11)21-26(23,24)14-7-5-13(6-8-14)20-17(22)15-4-3-9-25-15/h3-10H,1-2H3,(H2,18,19,20,21,22)/p-1. The first-order valence-corrected chi connectivity index (χ1v) is 9.91. The van der Waals surface area contributed by atoms with Crippen LogP contribution in [0.1, 0.15) is 21.2 Å². The second-order valence-corrected chi connectivity index (χ2v) is 7.99. The predicted octanol–water partition coefficient (Wildman–Crippen LogP) is 3.80. The molecule has 3 aromatic rings. The molecule has 0 aliphatic heterocycles. The average molecular weight is 387 g/mol. The summed E-state index contributed by atoms with van der Waals surface area (Å²) >= 11 is 1.33. The van der Waals surface area contributed by atoms with Crippen molar-refractivity contribution in [2.24, 2.45) is 0 Å². The number of nitrogens with one attached hydrogen (secondary N) is 1. The molecule has 26 heavy (non-hydrogen) atoms. The topological polar surface area (TPSA) is 103 Å². The van der Waals surface area contributed by atoms with Crippen LogP contribution in [0.2, 0.25) is 0 Å². The van der Waals surface area contributed by atoms with Gasteiger partial charge in [0.15, 0.2) is 0 Å². The Morgan fingerprint density at radius 2 is 1.85 bits per heavy atom. The molecule has 1 amide bonds. The Hall–Kier alpha value is -2.78. The molecule has 2 heterocycles. The van der Waals surface area contributed by atoms with Gasteiger partial charge in [-0.3, -0.25) is 9.78 Å². The molecule has 0 unspecified atom stereocenters. The van der Waals surface area contributed by atoms with Crippen LogP contribution in [0.5, 0.6) is 0 Å². The first kappa shape index (κ1) is 18.0. The van der Waals surface area contributed by atoms with Crippen LogP contribution in [0.3, 0.4) is 0 Å². The summed E-state index contributed by atoms with van der Waals surface area (Å²) in [7, 11) is -3.91. The molecule has 0 saturated carbocycles. The number of aromatic nitrogens is 2. The molecule has 0 aliphatic rings. The summed E-state index contributed by atoms with van der Waals surface area (Å²) in [6.07, 6.45) is 0. The monoisotopic (exact) mass is 387 g/mol. The Morgan fingerprint density at radius 1 is 1.12 bits per heavy atom. The minimum absolute atomic E-state index is 0.0144. The minimum atomic E-state index is -3.91. The molecular weight excluding hydrogens is 372 g/mol. The smallest absolute Gasteiger partial charge is 0.265 e. The van der Waals surface area contributed by atoms with E-state index in [1.165, 1.54) is 41.7 Å². The third-order valence-electron chi connectivity index (χ3n) is 3.32. The summed E-state index contributed by atoms with van der Waals surface area (Å²) in [5.74, 6) is 0.294. The van der Waals surface area contributed by atoms with E-state index in [1.54, 1.807) is 26.0 Å². The molecular formula is C17H15N4O3S2-. The first-order chi connectivity index (χ1) is 12.3. The van der Waals surface area contributed by atoms with Crippen LogP contribution in [-0.4, -0.2) is 24.3 Å². The number of aryl methyl sites for hydroxylation is 2. The zero-order valence-corrected chi connectivity index (χ0v) is 15.6. The zero-order valence-electron chi connectivity index (χ0n) is 14.0. The van der Waals surface area contributed by atoms with Gasteiger partial charge in [-0.15, -0.1) is 11.3 Å². The lowest BCUT2D eigenvalue weighted by Gasteiger charge is -2.17. The maximum atomic E-state index is 12.4. The highest BCUT2D eigenvalue weighted by atomic mass is 32.2. The van der Waals surface area contributed by atoms with Crippen molar-refractivity contribution in [3.05, 3.63) is 69.0 Å². The lowest BCUT2D eigenvalue weighted by molar-refractivity contribution is 0.103. The number of carbonyl (C=O) groups excluding carboxylic acids is 1. The van der Waals surface area contributed by atoms with E-state index in [2.05, 4.69) is 20.0 Å². The van der Waals surface area contributed by atoms with Gasteiger partial charge in [0.1, 0.15) is 0 Å². The minimum Gasteiger partial charge on any atom is -0.423 e. The highest BCUT2D eigenvalue weighted by Gasteiger charge is 2.11. The number of nitrogens with zero attached hydrogens (tertiary/aromatic N) is 3. The van der Waals surface area contributed by atoms with E-state index in [1.807, 2.05) is 5.38 Å². The lowest BCUT2D eigenvalue weighted by Crippen LogP contribution is -2.10. The van der Waals surface area contributed by atoms with Crippen LogP contribution in [0, 0.1) is 13.8 Å². The Morgan fingerprint density at radius 3 is 2.46 bits per heavy atom. The molecule has 9 heteroatoms. The van der Waals surface area contributed by atoms with E-state index in [-0.39, 0.29) is 16.6 Å². The highest BCUT2D eigenvalue weighted by molar-refractivity contribution is 7.94. The fraction of sp³-hybridized carbons (Fsp3) is 0.118. The van der Waals surface area contributed by atoms with Crippen LogP contribution in [-0.2, 0) is 10.0 Å². The SMILES string of the molecule is Cc1cc([N-]S(=O)(=O)c2ccc(NC(=O)c3cccs3)cc2)nc(C)n1. The Labute approximate surface area is 155 Å². The van der Waals surface area contributed by atoms with Crippen molar-refractivity contribution in [3.8, 4) is 0 Å². The number of anilines is 1. The molecule has 0 spiro atoms. The molecule has 0 aliphatic carbocycles. The Kier molecular flexibility index (Phi) is 5.01. The Bertz CT molecular complexity index is 1010. The van der Waals surface area contributed by atoms with Gasteiger partial charge in [-0.2, -0.15) is 0 Å². The number of carbonyl (C=O) groups is 1. The molecule has 0 saturated heterocycles. The molecule has 0 bridgehead atoms. The second kappa shape index (κ2) is 7.22. The van der Waals surface area contributed by atoms with Crippen LogP contribution < -0.4 is 5.32 Å². The number of amides is 1. The van der Waals surface area contributed by atoms with Crippen LogP contribution in [0.25, 0.3) is 4.72 Å². The maximum Gasteiger partial charge on any atom is 0.265 e. The van der Waals surface area contributed by atoms with Crippen molar-refractivity contribution >= 4 is 38.8 Å². The number of rotatable bonds is 5. The summed E-state index contributed by atoms with van der Waals surface area (Å²) in [5.41, 5.74) is 1.13. The van der Waals surface area contributed by atoms with Gasteiger partial charge in [0, 0.05) is 17.2 Å². The van der Waals surface area contributed by atoms with Crippen molar-refractivity contribution in [2.45, 2.75) is 18.7 Å². The van der Waals surface area contributed by atoms with Gasteiger partial charge in [-0.25, -0.2) is 8.42 Å². The van der Waals surface area contributed by atoms with E-state index in [4.69, 9.17) is 0 Å². The fourth-order valence-electron chi connectivity index (χ4n) is 2.23. The van der Waals surface area contributed by atoms with Crippen LogP contribution in [0.15, 0.2) is 52.7 Å². The second-order valence-electron chi connectivity index (χ2n) is 5.44. The Balaban J connectivity index is 1.75. The third-order valence-corrected chi connectivity index (χ3v) is 5.49. The fourth-order valence-corrected chi connectivity index (χ4v) is 3.77. The summed E-state index contributed by atoms with van der Waals surface area (Å²) in [5, 5.41) is 4.52. The molecule has 1 N–H and O–H groups in total. The van der Waals surface area contributed by atoms with E-state index >= 15 is 0 Å². The van der Waals surface area contributed by atoms with Crippen LogP contribution >= 0.6 is 11.3 Å². The lowest BCUT2D eigenvalue weighted by atomic mass is 10.3. The molecule has 0 atom stereocenters. The largest absolute Gasteiger partial charge is 0.423 e. The maximum absolute atomic E-state index is 12.4. The molecule has 3 rings (SSSR count). The quantitative estimate of drug-likeness (QED) is 0.717. The van der Waals surface area contributed by atoms with Crippen LogP contribution in [0.4, 0.5) is 11.5 Å². The normalized spacial score (nSPS) is 11.2. The first-order valence-electron chi connectivity index (χ1n) is 7.59. The average Bonchev–Trinajstić information content (AvgIpc) is 3.08.